The van der Waals surface area contributed by atoms with Gasteiger partial charge in [0, 0.05) is 12.5 Å². The minimum absolute atomic E-state index is 0.00635. The van der Waals surface area contributed by atoms with Crippen LogP contribution in [0.3, 0.4) is 0 Å². The number of hydrogen-bond acceptors (Lipinski definition) is 3. The summed E-state index contributed by atoms with van der Waals surface area (Å²) >= 11 is 0. The number of nitrogens with two attached hydrogens (primary N) is 1. The van der Waals surface area contributed by atoms with Crippen molar-refractivity contribution in [2.75, 3.05) is 6.54 Å². The molecule has 4 nitrogen and oxygen atoms in total. The Bertz CT molecular complexity index is 525. The number of carbonyl (C=O) groups excluding carboxylic acids is 1. The second kappa shape index (κ2) is 5.68. The van der Waals surface area contributed by atoms with Crippen LogP contribution < -0.4 is 15.8 Å². The van der Waals surface area contributed by atoms with Crippen LogP contribution in [-0.2, 0) is 11.2 Å². The molecular weight excluding hydrogens is 264 g/mol. The minimum atomic E-state index is -0.389. The molecular formula is C17H24N2O2. The number of amides is 1. The molecule has 1 aliphatic carbocycles. The molecule has 1 heterocycles. The molecule has 2 aliphatic rings. The van der Waals surface area contributed by atoms with E-state index in [1.165, 1.54) is 11.1 Å². The molecule has 1 aromatic rings. The van der Waals surface area contributed by atoms with Gasteiger partial charge >= 0.3 is 0 Å². The lowest BCUT2D eigenvalue weighted by molar-refractivity contribution is -0.128. The topological polar surface area (TPSA) is 64.3 Å². The lowest BCUT2D eigenvalue weighted by atomic mass is 10.0. The first-order valence-electron chi connectivity index (χ1n) is 7.85. The summed E-state index contributed by atoms with van der Waals surface area (Å²) in [5.41, 5.74) is 9.36. The fourth-order valence-electron chi connectivity index (χ4n) is 3.44. The normalized spacial score (nSPS) is 27.3. The average Bonchev–Trinajstić information content (AvgIpc) is 3.05. The fraction of sp³-hybridized carbons (Fsp3) is 0.588. The first-order valence-corrected chi connectivity index (χ1v) is 7.85. The second-order valence-electron chi connectivity index (χ2n) is 6.40. The van der Waals surface area contributed by atoms with E-state index in [1.807, 2.05) is 6.07 Å². The van der Waals surface area contributed by atoms with E-state index >= 15 is 0 Å². The molecule has 0 saturated heterocycles. The molecule has 3 atom stereocenters. The largest absolute Gasteiger partial charge is 0.480 e. The number of ether oxygens (including phenoxy) is 1. The first kappa shape index (κ1) is 14.4. The molecule has 1 saturated carbocycles. The van der Waals surface area contributed by atoms with E-state index in [2.05, 4.69) is 25.2 Å². The summed E-state index contributed by atoms with van der Waals surface area (Å²) in [5.74, 6) is 1.29. The third kappa shape index (κ3) is 2.77. The van der Waals surface area contributed by atoms with Crippen molar-refractivity contribution in [3.05, 3.63) is 28.8 Å². The van der Waals surface area contributed by atoms with Gasteiger partial charge in [0.2, 0.25) is 0 Å². The lowest BCUT2D eigenvalue weighted by Crippen LogP contribution is -2.46. The van der Waals surface area contributed by atoms with Gasteiger partial charge in [0.05, 0.1) is 0 Å². The molecule has 0 unspecified atom stereocenters. The van der Waals surface area contributed by atoms with E-state index in [1.54, 1.807) is 0 Å². The number of aryl methyl sites for hydroxylation is 2. The minimum Gasteiger partial charge on any atom is -0.480 e. The number of benzene rings is 1. The van der Waals surface area contributed by atoms with Crippen molar-refractivity contribution in [3.8, 4) is 5.75 Å². The molecule has 1 aromatic carbocycles. The molecule has 0 spiro atoms. The van der Waals surface area contributed by atoms with E-state index < -0.39 is 0 Å². The van der Waals surface area contributed by atoms with Gasteiger partial charge in [0.15, 0.2) is 6.10 Å². The quantitative estimate of drug-likeness (QED) is 0.892. The molecule has 21 heavy (non-hydrogen) atoms. The van der Waals surface area contributed by atoms with Gasteiger partial charge in [0.25, 0.3) is 5.91 Å². The highest BCUT2D eigenvalue weighted by molar-refractivity contribution is 5.83. The maximum Gasteiger partial charge on any atom is 0.261 e. The summed E-state index contributed by atoms with van der Waals surface area (Å²) < 4.78 is 5.84. The molecule has 0 aromatic heterocycles. The molecule has 1 fully saturated rings. The van der Waals surface area contributed by atoms with Gasteiger partial charge in [-0.05, 0) is 61.9 Å². The zero-order valence-corrected chi connectivity index (χ0v) is 12.8. The zero-order chi connectivity index (χ0) is 15.0. The molecule has 1 aliphatic heterocycles. The van der Waals surface area contributed by atoms with Crippen LogP contribution in [0.5, 0.6) is 5.75 Å². The molecule has 114 valence electrons. The standard InChI is InChI=1S/C17H24N2O2/c1-10-6-13-8-16(21-15(13)7-11(10)2)17(20)19-14-5-3-4-12(14)9-18/h6-7,12,14,16H,3-5,8-9,18H2,1-2H3,(H,19,20)/t12-,14-,16+/m1/s1. The van der Waals surface area contributed by atoms with E-state index in [9.17, 15) is 4.79 Å². The van der Waals surface area contributed by atoms with Crippen LogP contribution in [0.25, 0.3) is 0 Å². The highest BCUT2D eigenvalue weighted by Crippen LogP contribution is 2.32. The van der Waals surface area contributed by atoms with Gasteiger partial charge in [-0.1, -0.05) is 12.5 Å². The average molecular weight is 288 g/mol. The van der Waals surface area contributed by atoms with Gasteiger partial charge in [-0.15, -0.1) is 0 Å². The predicted molar refractivity (Wildman–Crippen MR) is 82.4 cm³/mol. The Morgan fingerprint density at radius 1 is 1.33 bits per heavy atom. The van der Waals surface area contributed by atoms with E-state index in [0.717, 1.165) is 30.6 Å². The van der Waals surface area contributed by atoms with Crippen molar-refractivity contribution in [1.29, 1.82) is 0 Å². The SMILES string of the molecule is Cc1cc2c(cc1C)O[C@H](C(=O)N[C@@H]1CCC[C@@H]1CN)C2. The van der Waals surface area contributed by atoms with Crippen molar-refractivity contribution in [3.63, 3.8) is 0 Å². The van der Waals surface area contributed by atoms with E-state index in [-0.39, 0.29) is 18.1 Å². The van der Waals surface area contributed by atoms with Gasteiger partial charge in [-0.25, -0.2) is 0 Å². The van der Waals surface area contributed by atoms with Crippen LogP contribution in [-0.4, -0.2) is 24.6 Å². The van der Waals surface area contributed by atoms with Crippen molar-refractivity contribution in [2.45, 2.75) is 51.7 Å². The van der Waals surface area contributed by atoms with Crippen molar-refractivity contribution < 1.29 is 9.53 Å². The summed E-state index contributed by atoms with van der Waals surface area (Å²) in [7, 11) is 0. The van der Waals surface area contributed by atoms with Crippen LogP contribution >= 0.6 is 0 Å². The predicted octanol–water partition coefficient (Wildman–Crippen LogP) is 1.85. The molecule has 3 rings (SSSR count). The Morgan fingerprint density at radius 2 is 2.10 bits per heavy atom. The van der Waals surface area contributed by atoms with Crippen LogP contribution in [0.15, 0.2) is 12.1 Å². The Morgan fingerprint density at radius 3 is 2.86 bits per heavy atom. The molecule has 4 heteroatoms. The molecule has 1 amide bonds. The Hall–Kier alpha value is -1.55. The number of hydrogen-bond donors (Lipinski definition) is 2. The summed E-state index contributed by atoms with van der Waals surface area (Å²) in [4.78, 5) is 12.4. The third-order valence-corrected chi connectivity index (χ3v) is 4.93. The van der Waals surface area contributed by atoms with Crippen molar-refractivity contribution in [1.82, 2.24) is 5.32 Å². The second-order valence-corrected chi connectivity index (χ2v) is 6.40. The molecule has 0 radical (unpaired) electrons. The monoisotopic (exact) mass is 288 g/mol. The fourth-order valence-corrected chi connectivity index (χ4v) is 3.44. The van der Waals surface area contributed by atoms with Crippen molar-refractivity contribution >= 4 is 5.91 Å². The van der Waals surface area contributed by atoms with Gasteiger partial charge < -0.3 is 15.8 Å². The number of fused-ring (bicyclic) bond motifs is 1. The smallest absolute Gasteiger partial charge is 0.261 e. The highest BCUT2D eigenvalue weighted by atomic mass is 16.5. The Balaban J connectivity index is 1.65. The Labute approximate surface area is 126 Å². The summed E-state index contributed by atoms with van der Waals surface area (Å²) in [6, 6.07) is 4.39. The lowest BCUT2D eigenvalue weighted by Gasteiger charge is -2.21. The molecule has 0 bridgehead atoms. The summed E-state index contributed by atoms with van der Waals surface area (Å²) in [6.45, 7) is 4.80. The zero-order valence-electron chi connectivity index (χ0n) is 12.8. The summed E-state index contributed by atoms with van der Waals surface area (Å²) in [5, 5.41) is 3.14. The maximum absolute atomic E-state index is 12.4. The number of rotatable bonds is 3. The van der Waals surface area contributed by atoms with Crippen LogP contribution in [0.2, 0.25) is 0 Å². The van der Waals surface area contributed by atoms with Crippen molar-refractivity contribution in [2.24, 2.45) is 11.7 Å². The number of nitrogens with one attached hydrogen (secondary N) is 1. The van der Waals surface area contributed by atoms with Crippen LogP contribution in [0.4, 0.5) is 0 Å². The highest BCUT2D eigenvalue weighted by Gasteiger charge is 2.33. The molecule has 3 N–H and O–H groups in total. The number of carbonyl (C=O) groups is 1. The Kier molecular flexibility index (Phi) is 3.89. The van der Waals surface area contributed by atoms with E-state index in [4.69, 9.17) is 10.5 Å². The van der Waals surface area contributed by atoms with Gasteiger partial charge in [0.1, 0.15) is 5.75 Å². The van der Waals surface area contributed by atoms with Gasteiger partial charge in [-0.2, -0.15) is 0 Å². The first-order chi connectivity index (χ1) is 10.1. The van der Waals surface area contributed by atoms with Crippen LogP contribution in [0.1, 0.15) is 36.0 Å². The maximum atomic E-state index is 12.4. The van der Waals surface area contributed by atoms with Gasteiger partial charge in [-0.3, -0.25) is 4.79 Å². The van der Waals surface area contributed by atoms with Crippen LogP contribution in [0, 0.1) is 19.8 Å². The van der Waals surface area contributed by atoms with E-state index in [0.29, 0.717) is 18.9 Å². The summed E-state index contributed by atoms with van der Waals surface area (Å²) in [6.07, 6.45) is 3.58. The third-order valence-electron chi connectivity index (χ3n) is 4.93.